The molecular formula is C24H28ClN3O5S. The number of ether oxygens (including phenoxy) is 2. The molecule has 5 N–H and O–H groups in total. The fourth-order valence-corrected chi connectivity index (χ4v) is 4.22. The van der Waals surface area contributed by atoms with Gasteiger partial charge in [-0.25, -0.2) is 0 Å². The summed E-state index contributed by atoms with van der Waals surface area (Å²) in [6.45, 7) is 4.07. The number of nitrogens with zero attached hydrogens (tertiary/aromatic N) is 1. The number of benzene rings is 2. The van der Waals surface area contributed by atoms with Crippen LogP contribution in [0.1, 0.15) is 24.0 Å². The quantitative estimate of drug-likeness (QED) is 0.389. The van der Waals surface area contributed by atoms with Crippen molar-refractivity contribution in [3.63, 3.8) is 0 Å². The Bertz CT molecular complexity index is 1180. The van der Waals surface area contributed by atoms with Crippen molar-refractivity contribution in [2.24, 2.45) is 0 Å². The van der Waals surface area contributed by atoms with Gasteiger partial charge in [-0.2, -0.15) is 4.37 Å². The summed E-state index contributed by atoms with van der Waals surface area (Å²) in [6.07, 6.45) is 1.82. The molecule has 0 saturated carbocycles. The number of quaternary nitrogens is 1. The van der Waals surface area contributed by atoms with E-state index in [1.807, 2.05) is 32.0 Å². The highest BCUT2D eigenvalue weighted by Crippen LogP contribution is 2.40. The van der Waals surface area contributed by atoms with Gasteiger partial charge >= 0.3 is 5.97 Å². The van der Waals surface area contributed by atoms with Crippen LogP contribution >= 0.6 is 11.5 Å². The van der Waals surface area contributed by atoms with Crippen molar-refractivity contribution in [3.8, 4) is 33.1 Å². The van der Waals surface area contributed by atoms with Crippen molar-refractivity contribution in [1.82, 2.24) is 4.37 Å². The number of rotatable bonds is 9. The zero-order chi connectivity index (χ0) is 24.1. The van der Waals surface area contributed by atoms with Crippen molar-refractivity contribution in [2.45, 2.75) is 32.7 Å². The summed E-state index contributed by atoms with van der Waals surface area (Å²) in [5.74, 6) is -0.0178. The topological polar surface area (TPSA) is 125 Å². The molecule has 3 aromatic rings. The molecule has 1 aromatic heterocycles. The van der Waals surface area contributed by atoms with Crippen LogP contribution in [-0.4, -0.2) is 41.6 Å². The second-order valence-electron chi connectivity index (χ2n) is 7.72. The molecule has 1 atom stereocenters. The van der Waals surface area contributed by atoms with E-state index in [1.165, 1.54) is 18.6 Å². The number of methoxy groups -OCH3 is 2. The molecule has 1 amide bonds. The monoisotopic (exact) mass is 505 g/mol. The number of anilines is 1. The summed E-state index contributed by atoms with van der Waals surface area (Å²) in [5.41, 5.74) is 9.25. The van der Waals surface area contributed by atoms with Crippen LogP contribution < -0.4 is 32.9 Å². The highest BCUT2D eigenvalue weighted by atomic mass is 35.5. The van der Waals surface area contributed by atoms with E-state index in [-0.39, 0.29) is 31.2 Å². The first-order valence-electron chi connectivity index (χ1n) is 10.4. The van der Waals surface area contributed by atoms with Crippen molar-refractivity contribution >= 4 is 29.1 Å². The Morgan fingerprint density at radius 1 is 1.12 bits per heavy atom. The van der Waals surface area contributed by atoms with Crippen LogP contribution in [0.15, 0.2) is 36.5 Å². The Kier molecular flexibility index (Phi) is 9.43. The van der Waals surface area contributed by atoms with Crippen LogP contribution in [0.5, 0.6) is 11.5 Å². The predicted molar refractivity (Wildman–Crippen MR) is 128 cm³/mol. The summed E-state index contributed by atoms with van der Waals surface area (Å²) < 4.78 is 15.4. The molecule has 0 aliphatic carbocycles. The van der Waals surface area contributed by atoms with E-state index < -0.39 is 12.0 Å². The average molecular weight is 506 g/mol. The van der Waals surface area contributed by atoms with Crippen LogP contribution in [0.25, 0.3) is 21.6 Å². The van der Waals surface area contributed by atoms with Gasteiger partial charge in [-0.05, 0) is 65.8 Å². The Morgan fingerprint density at radius 3 is 2.47 bits per heavy atom. The maximum Gasteiger partial charge on any atom is 0.303 e. The van der Waals surface area contributed by atoms with Crippen molar-refractivity contribution < 1.29 is 42.3 Å². The van der Waals surface area contributed by atoms with Crippen LogP contribution in [0.2, 0.25) is 0 Å². The van der Waals surface area contributed by atoms with E-state index in [2.05, 4.69) is 21.5 Å². The van der Waals surface area contributed by atoms with Crippen LogP contribution in [0.4, 0.5) is 5.69 Å². The smallest absolute Gasteiger partial charge is 0.303 e. The molecule has 0 unspecified atom stereocenters. The number of nitrogens with one attached hydrogen (secondary N) is 1. The highest BCUT2D eigenvalue weighted by molar-refractivity contribution is 7.10. The molecule has 182 valence electrons. The third-order valence-electron chi connectivity index (χ3n) is 5.52. The van der Waals surface area contributed by atoms with Crippen LogP contribution in [-0.2, 0) is 9.59 Å². The van der Waals surface area contributed by atoms with Crippen molar-refractivity contribution in [3.05, 3.63) is 47.7 Å². The standard InChI is InChI=1S/C24H27N3O5S.ClH/c1-13-9-16(11-21(32-4)14(13)2)23-17(12-26-33-23)15-5-7-20(31-3)19(10-15)27-24(30)18(25)6-8-22(28)29;/h5,7,9-12,18H,6,8,25H2,1-4H3,(H,27,30)(H,28,29);1H/t18-;/m1./s1. The minimum absolute atomic E-state index is 0. The van der Waals surface area contributed by atoms with E-state index in [0.717, 1.165) is 38.4 Å². The Balaban J connectivity index is 0.00000408. The lowest BCUT2D eigenvalue weighted by molar-refractivity contribution is -0.403. The third-order valence-corrected chi connectivity index (χ3v) is 6.37. The first-order chi connectivity index (χ1) is 15.7. The van der Waals surface area contributed by atoms with Gasteiger partial charge in [0.25, 0.3) is 5.91 Å². The molecule has 8 nitrogen and oxygen atoms in total. The first kappa shape index (κ1) is 27.1. The van der Waals surface area contributed by atoms with Crippen molar-refractivity contribution in [1.29, 1.82) is 0 Å². The molecule has 2 aromatic carbocycles. The summed E-state index contributed by atoms with van der Waals surface area (Å²) in [7, 11) is 3.18. The number of aromatic nitrogens is 1. The number of aryl methyl sites for hydroxylation is 1. The number of hydrogen-bond donors (Lipinski definition) is 3. The summed E-state index contributed by atoms with van der Waals surface area (Å²) >= 11 is 1.39. The molecular weight excluding hydrogens is 478 g/mol. The molecule has 3 rings (SSSR count). The predicted octanol–water partition coefficient (Wildman–Crippen LogP) is 0.529. The van der Waals surface area contributed by atoms with Gasteiger partial charge in [0.05, 0.1) is 31.2 Å². The van der Waals surface area contributed by atoms with E-state index in [0.29, 0.717) is 11.4 Å². The fourth-order valence-electron chi connectivity index (χ4n) is 3.46. The lowest BCUT2D eigenvalue weighted by Gasteiger charge is -2.14. The Labute approximate surface area is 208 Å². The van der Waals surface area contributed by atoms with E-state index in [4.69, 9.17) is 14.6 Å². The number of carboxylic acid groups (broad SMARTS) is 1. The number of halogens is 1. The lowest BCUT2D eigenvalue weighted by atomic mass is 9.99. The largest absolute Gasteiger partial charge is 1.00 e. The molecule has 0 spiro atoms. The fraction of sp³-hybridized carbons (Fsp3) is 0.292. The zero-order valence-corrected chi connectivity index (χ0v) is 21.0. The second-order valence-corrected chi connectivity index (χ2v) is 8.52. The average Bonchev–Trinajstić information content (AvgIpc) is 3.29. The molecule has 0 fully saturated rings. The number of carbonyl (C=O) groups excluding carboxylic acids is 1. The van der Waals surface area contributed by atoms with Gasteiger partial charge in [-0.15, -0.1) is 0 Å². The molecule has 0 aliphatic heterocycles. The number of carboxylic acids is 1. The van der Waals surface area contributed by atoms with Crippen LogP contribution in [0, 0.1) is 13.8 Å². The minimum Gasteiger partial charge on any atom is -1.00 e. The van der Waals surface area contributed by atoms with Gasteiger partial charge in [0, 0.05) is 18.2 Å². The number of carbonyl (C=O) groups is 2. The minimum atomic E-state index is -0.962. The molecule has 34 heavy (non-hydrogen) atoms. The molecule has 1 heterocycles. The van der Waals surface area contributed by atoms with Gasteiger partial charge in [0.2, 0.25) is 0 Å². The van der Waals surface area contributed by atoms with Crippen molar-refractivity contribution in [2.75, 3.05) is 19.5 Å². The zero-order valence-electron chi connectivity index (χ0n) is 19.5. The van der Waals surface area contributed by atoms with Gasteiger partial charge < -0.3 is 38.0 Å². The highest BCUT2D eigenvalue weighted by Gasteiger charge is 2.21. The van der Waals surface area contributed by atoms with Gasteiger partial charge in [-0.1, -0.05) is 12.1 Å². The third kappa shape index (κ3) is 6.05. The molecule has 0 aliphatic rings. The Morgan fingerprint density at radius 2 is 1.82 bits per heavy atom. The summed E-state index contributed by atoms with van der Waals surface area (Å²) in [5, 5.41) is 11.7. The van der Waals surface area contributed by atoms with E-state index in [1.54, 1.807) is 19.4 Å². The molecule has 0 saturated heterocycles. The van der Waals surface area contributed by atoms with Gasteiger partial charge in [0.15, 0.2) is 6.04 Å². The summed E-state index contributed by atoms with van der Waals surface area (Å²) in [6, 6.07) is 8.93. The number of hydrogen-bond acceptors (Lipinski definition) is 6. The number of amides is 1. The molecule has 10 heteroatoms. The van der Waals surface area contributed by atoms with Crippen LogP contribution in [0.3, 0.4) is 0 Å². The first-order valence-corrected chi connectivity index (χ1v) is 11.2. The Hall–Kier alpha value is -3.14. The summed E-state index contributed by atoms with van der Waals surface area (Å²) in [4.78, 5) is 24.4. The van der Waals surface area contributed by atoms with Gasteiger partial charge in [-0.3, -0.25) is 9.59 Å². The SMILES string of the molecule is COc1ccc(-c2cnsc2-c2cc(C)c(C)c(OC)c2)cc1NC(=O)[C@H]([NH3+])CCC(=O)O.[Cl-]. The lowest BCUT2D eigenvalue weighted by Crippen LogP contribution is -3.00. The van der Waals surface area contributed by atoms with E-state index >= 15 is 0 Å². The van der Waals surface area contributed by atoms with E-state index in [9.17, 15) is 9.59 Å². The van der Waals surface area contributed by atoms with Gasteiger partial charge in [0.1, 0.15) is 11.5 Å². The molecule has 0 radical (unpaired) electrons. The maximum absolute atomic E-state index is 12.6. The number of aliphatic carboxylic acids is 1. The normalized spacial score (nSPS) is 11.3. The maximum atomic E-state index is 12.6. The second kappa shape index (κ2) is 11.8. The molecule has 0 bridgehead atoms.